The Hall–Kier alpha value is -2.45. The molecule has 0 saturated heterocycles. The fourth-order valence-electron chi connectivity index (χ4n) is 4.86. The molecule has 6 nitrogen and oxygen atoms in total. The number of aromatic nitrogens is 4. The van der Waals surface area contributed by atoms with Crippen LogP contribution in [0.3, 0.4) is 0 Å². The average Bonchev–Trinajstić information content (AvgIpc) is 3.45. The van der Waals surface area contributed by atoms with Crippen LogP contribution in [0.4, 0.5) is 5.69 Å². The molecule has 3 aromatic heterocycles. The number of nitrogens with one attached hydrogen (secondary N) is 1. The number of fused-ring (bicyclic) bond motifs is 5. The van der Waals surface area contributed by atoms with E-state index in [0.29, 0.717) is 5.92 Å². The van der Waals surface area contributed by atoms with Crippen molar-refractivity contribution in [3.8, 4) is 0 Å². The topological polar surface area (TPSA) is 72.2 Å². The molecular weight excluding hydrogens is 450 g/mol. The number of benzene rings is 1. The minimum absolute atomic E-state index is 0.0296. The zero-order valence-electron chi connectivity index (χ0n) is 19.1. The van der Waals surface area contributed by atoms with Gasteiger partial charge in [-0.15, -0.1) is 21.5 Å². The van der Waals surface area contributed by atoms with Crippen LogP contribution in [0, 0.1) is 19.8 Å². The molecule has 0 aliphatic heterocycles. The predicted octanol–water partition coefficient (Wildman–Crippen LogP) is 5.69. The number of carbonyl (C=O) groups excluding carboxylic acids is 1. The Morgan fingerprint density at radius 2 is 2.00 bits per heavy atom. The van der Waals surface area contributed by atoms with Crippen molar-refractivity contribution in [2.75, 3.05) is 11.1 Å². The average molecular weight is 478 g/mol. The zero-order valence-corrected chi connectivity index (χ0v) is 20.8. The number of hydrogen-bond donors (Lipinski definition) is 1. The number of thiophene rings is 1. The molecule has 1 saturated carbocycles. The fraction of sp³-hybridized carbons (Fsp3) is 0.440. The summed E-state index contributed by atoms with van der Waals surface area (Å²) >= 11 is 3.29. The van der Waals surface area contributed by atoms with Crippen LogP contribution in [0.25, 0.3) is 15.9 Å². The molecule has 1 amide bonds. The lowest BCUT2D eigenvalue weighted by molar-refractivity contribution is -0.113. The van der Waals surface area contributed by atoms with E-state index in [2.05, 4.69) is 26.8 Å². The molecular formula is C25H27N5OS2. The van der Waals surface area contributed by atoms with Gasteiger partial charge >= 0.3 is 0 Å². The summed E-state index contributed by atoms with van der Waals surface area (Å²) in [6, 6.07) is 6.04. The molecule has 8 heteroatoms. The summed E-state index contributed by atoms with van der Waals surface area (Å²) in [6.07, 6.45) is 5.75. The van der Waals surface area contributed by atoms with E-state index in [1.807, 2.05) is 43.4 Å². The fourth-order valence-corrected chi connectivity index (χ4v) is 6.99. The van der Waals surface area contributed by atoms with Gasteiger partial charge in [0.25, 0.3) is 0 Å². The van der Waals surface area contributed by atoms with Gasteiger partial charge in [-0.2, -0.15) is 0 Å². The molecule has 1 aromatic carbocycles. The molecule has 2 aliphatic carbocycles. The normalized spacial score (nSPS) is 18.1. The highest BCUT2D eigenvalue weighted by Crippen LogP contribution is 2.44. The van der Waals surface area contributed by atoms with E-state index in [4.69, 9.17) is 4.98 Å². The van der Waals surface area contributed by atoms with Gasteiger partial charge in [0.1, 0.15) is 10.7 Å². The van der Waals surface area contributed by atoms with Gasteiger partial charge in [-0.1, -0.05) is 36.9 Å². The number of nitrogens with zero attached hydrogens (tertiary/aromatic N) is 4. The molecule has 2 aliphatic rings. The number of hydrogen-bond acceptors (Lipinski definition) is 6. The van der Waals surface area contributed by atoms with Crippen molar-refractivity contribution in [2.45, 2.75) is 63.9 Å². The summed E-state index contributed by atoms with van der Waals surface area (Å²) in [6.45, 7) is 6.37. The predicted molar refractivity (Wildman–Crippen MR) is 135 cm³/mol. The molecule has 0 spiro atoms. The molecule has 4 aromatic rings. The Morgan fingerprint density at radius 1 is 1.21 bits per heavy atom. The minimum atomic E-state index is -0.0296. The van der Waals surface area contributed by atoms with E-state index in [1.54, 1.807) is 0 Å². The van der Waals surface area contributed by atoms with Crippen molar-refractivity contribution in [2.24, 2.45) is 5.92 Å². The third kappa shape index (κ3) is 3.73. The second kappa shape index (κ2) is 8.09. The van der Waals surface area contributed by atoms with Crippen molar-refractivity contribution in [3.05, 3.63) is 45.6 Å². The first-order valence-corrected chi connectivity index (χ1v) is 13.5. The molecule has 0 radical (unpaired) electrons. The molecule has 1 N–H and O–H groups in total. The van der Waals surface area contributed by atoms with Crippen molar-refractivity contribution in [1.29, 1.82) is 0 Å². The van der Waals surface area contributed by atoms with Gasteiger partial charge in [0.2, 0.25) is 5.91 Å². The van der Waals surface area contributed by atoms with Crippen LogP contribution in [0.15, 0.2) is 23.4 Å². The first-order chi connectivity index (χ1) is 16.0. The van der Waals surface area contributed by atoms with E-state index in [9.17, 15) is 4.79 Å². The van der Waals surface area contributed by atoms with Crippen LogP contribution >= 0.6 is 23.1 Å². The second-order valence-electron chi connectivity index (χ2n) is 9.52. The van der Waals surface area contributed by atoms with E-state index < -0.39 is 0 Å². The number of aryl methyl sites for hydroxylation is 3. The van der Waals surface area contributed by atoms with Crippen molar-refractivity contribution >= 4 is 50.6 Å². The Bertz CT molecular complexity index is 1380. The third-order valence-corrected chi connectivity index (χ3v) is 8.89. The minimum Gasteiger partial charge on any atom is -0.325 e. The van der Waals surface area contributed by atoms with Crippen molar-refractivity contribution < 1.29 is 4.79 Å². The van der Waals surface area contributed by atoms with Gasteiger partial charge in [-0.05, 0) is 68.6 Å². The van der Waals surface area contributed by atoms with Gasteiger partial charge in [0.05, 0.1) is 11.1 Å². The molecule has 1 atom stereocenters. The lowest BCUT2D eigenvalue weighted by Crippen LogP contribution is -2.16. The molecule has 33 heavy (non-hydrogen) atoms. The molecule has 1 fully saturated rings. The van der Waals surface area contributed by atoms with Crippen LogP contribution < -0.4 is 5.32 Å². The smallest absolute Gasteiger partial charge is 0.234 e. The van der Waals surface area contributed by atoms with E-state index in [-0.39, 0.29) is 11.7 Å². The number of anilines is 1. The van der Waals surface area contributed by atoms with Crippen molar-refractivity contribution in [1.82, 2.24) is 19.6 Å². The van der Waals surface area contributed by atoms with Crippen LogP contribution in [0.5, 0.6) is 0 Å². The molecule has 6 rings (SSSR count). The first-order valence-electron chi connectivity index (χ1n) is 11.7. The van der Waals surface area contributed by atoms with Crippen LogP contribution in [-0.4, -0.2) is 31.2 Å². The highest BCUT2D eigenvalue weighted by Gasteiger charge is 2.32. The van der Waals surface area contributed by atoms with Gasteiger partial charge in [-0.25, -0.2) is 4.98 Å². The maximum Gasteiger partial charge on any atom is 0.234 e. The maximum absolute atomic E-state index is 12.8. The summed E-state index contributed by atoms with van der Waals surface area (Å²) in [5.41, 5.74) is 5.38. The number of rotatable bonds is 5. The highest BCUT2D eigenvalue weighted by atomic mass is 32.2. The monoisotopic (exact) mass is 477 g/mol. The van der Waals surface area contributed by atoms with E-state index in [0.717, 1.165) is 69.9 Å². The van der Waals surface area contributed by atoms with E-state index in [1.165, 1.54) is 34.0 Å². The van der Waals surface area contributed by atoms with Crippen LogP contribution in [-0.2, 0) is 17.6 Å². The SMILES string of the molecule is Cc1cccc(C)c1NC(=O)CSc1nnc2c3c4c(sc3nc(C3CC3)n12)C[C@H](C)CC4. The second-order valence-corrected chi connectivity index (χ2v) is 11.5. The lowest BCUT2D eigenvalue weighted by atomic mass is 9.89. The van der Waals surface area contributed by atoms with Crippen LogP contribution in [0.2, 0.25) is 0 Å². The van der Waals surface area contributed by atoms with Crippen LogP contribution in [0.1, 0.15) is 59.5 Å². The largest absolute Gasteiger partial charge is 0.325 e. The van der Waals surface area contributed by atoms with Gasteiger partial charge in [-0.3, -0.25) is 9.20 Å². The number of para-hydroxylation sites is 1. The Kier molecular flexibility index (Phi) is 5.18. The summed E-state index contributed by atoms with van der Waals surface area (Å²) in [5, 5.41) is 14.2. The molecule has 0 unspecified atom stereocenters. The lowest BCUT2D eigenvalue weighted by Gasteiger charge is -2.17. The Labute approximate surface area is 201 Å². The van der Waals surface area contributed by atoms with Gasteiger partial charge < -0.3 is 5.32 Å². The third-order valence-electron chi connectivity index (χ3n) is 6.82. The van der Waals surface area contributed by atoms with E-state index >= 15 is 0 Å². The molecule has 0 bridgehead atoms. The standard InChI is InChI=1S/C25H27N5OS2/c1-13-7-10-17-18(11-13)33-24-20(17)23-28-29-25(30(23)22(27-24)16-8-9-16)32-12-19(31)26-21-14(2)5-4-6-15(21)3/h4-6,13,16H,7-12H2,1-3H3,(H,26,31)/t13-/m1/s1. The Morgan fingerprint density at radius 3 is 2.76 bits per heavy atom. The number of carbonyl (C=O) groups is 1. The molecule has 3 heterocycles. The van der Waals surface area contributed by atoms with Gasteiger partial charge in [0, 0.05) is 16.5 Å². The summed E-state index contributed by atoms with van der Waals surface area (Å²) in [7, 11) is 0. The van der Waals surface area contributed by atoms with Gasteiger partial charge in [0.15, 0.2) is 10.8 Å². The van der Waals surface area contributed by atoms with Crippen molar-refractivity contribution in [3.63, 3.8) is 0 Å². The zero-order chi connectivity index (χ0) is 22.7. The maximum atomic E-state index is 12.8. The number of thioether (sulfide) groups is 1. The summed E-state index contributed by atoms with van der Waals surface area (Å²) in [5.74, 6) is 2.51. The summed E-state index contributed by atoms with van der Waals surface area (Å²) in [4.78, 5) is 20.5. The highest BCUT2D eigenvalue weighted by molar-refractivity contribution is 7.99. The molecule has 170 valence electrons. The quantitative estimate of drug-likeness (QED) is 0.374. The Balaban J connectivity index is 1.34. The first kappa shape index (κ1) is 21.1. The summed E-state index contributed by atoms with van der Waals surface area (Å²) < 4.78 is 2.14. The number of amides is 1.